The van der Waals surface area contributed by atoms with Crippen molar-refractivity contribution < 1.29 is 4.42 Å². The first-order valence-corrected chi connectivity index (χ1v) is 6.47. The van der Waals surface area contributed by atoms with Crippen molar-refractivity contribution >= 4 is 34.2 Å². The normalized spacial score (nSPS) is 11.3. The molecule has 0 spiro atoms. The number of benzene rings is 1. The van der Waals surface area contributed by atoms with E-state index >= 15 is 0 Å². The molecule has 0 bridgehead atoms. The summed E-state index contributed by atoms with van der Waals surface area (Å²) in [5.41, 5.74) is 1.87. The Labute approximate surface area is 111 Å². The van der Waals surface area contributed by atoms with Crippen LogP contribution in [-0.2, 0) is 13.0 Å². The summed E-state index contributed by atoms with van der Waals surface area (Å²) in [5, 5.41) is 5.39. The van der Waals surface area contributed by atoms with E-state index in [1.807, 2.05) is 13.1 Å². The van der Waals surface area contributed by atoms with Crippen LogP contribution < -0.4 is 5.32 Å². The molecule has 0 saturated heterocycles. The molecule has 2 aromatic rings. The van der Waals surface area contributed by atoms with Crippen LogP contribution >= 0.6 is 23.2 Å². The minimum absolute atomic E-state index is 0.615. The van der Waals surface area contributed by atoms with Crippen LogP contribution in [0, 0.1) is 0 Å². The fourth-order valence-electron chi connectivity index (χ4n) is 2.06. The van der Waals surface area contributed by atoms with Gasteiger partial charge < -0.3 is 9.73 Å². The molecule has 2 nitrogen and oxygen atoms in total. The lowest BCUT2D eigenvalue weighted by atomic mass is 10.1. The van der Waals surface area contributed by atoms with Gasteiger partial charge in [-0.25, -0.2) is 0 Å². The number of aryl methyl sites for hydroxylation is 1. The van der Waals surface area contributed by atoms with E-state index in [1.54, 1.807) is 6.07 Å². The van der Waals surface area contributed by atoms with Crippen molar-refractivity contribution in [2.45, 2.75) is 26.3 Å². The Hall–Kier alpha value is -0.700. The highest BCUT2D eigenvalue weighted by molar-refractivity contribution is 6.40. The highest BCUT2D eigenvalue weighted by Crippen LogP contribution is 2.36. The Kier molecular flexibility index (Phi) is 3.97. The predicted octanol–water partition coefficient (Wildman–Crippen LogP) is 4.41. The zero-order valence-corrected chi connectivity index (χ0v) is 11.5. The van der Waals surface area contributed by atoms with Gasteiger partial charge in [0, 0.05) is 10.9 Å². The lowest BCUT2D eigenvalue weighted by Crippen LogP contribution is -2.06. The van der Waals surface area contributed by atoms with Crippen LogP contribution in [0.4, 0.5) is 0 Å². The van der Waals surface area contributed by atoms with E-state index in [9.17, 15) is 0 Å². The second-order valence-corrected chi connectivity index (χ2v) is 4.83. The monoisotopic (exact) mass is 271 g/mol. The van der Waals surface area contributed by atoms with Crippen molar-refractivity contribution in [1.82, 2.24) is 5.32 Å². The fourth-order valence-corrected chi connectivity index (χ4v) is 2.52. The zero-order chi connectivity index (χ0) is 12.4. The van der Waals surface area contributed by atoms with E-state index in [1.165, 1.54) is 5.56 Å². The molecule has 0 unspecified atom stereocenters. The number of nitrogens with one attached hydrogen (secondary N) is 1. The highest BCUT2D eigenvalue weighted by atomic mass is 35.5. The molecule has 0 aliphatic carbocycles. The van der Waals surface area contributed by atoms with Gasteiger partial charge in [-0.2, -0.15) is 0 Å². The number of furan rings is 1. The van der Waals surface area contributed by atoms with Gasteiger partial charge in [0.15, 0.2) is 5.58 Å². The number of rotatable bonds is 4. The van der Waals surface area contributed by atoms with E-state index < -0.39 is 0 Å². The van der Waals surface area contributed by atoms with Gasteiger partial charge in [0.1, 0.15) is 5.76 Å². The average molecular weight is 272 g/mol. The number of halogens is 2. The molecule has 17 heavy (non-hydrogen) atoms. The Morgan fingerprint density at radius 3 is 2.59 bits per heavy atom. The quantitative estimate of drug-likeness (QED) is 0.891. The van der Waals surface area contributed by atoms with Crippen LogP contribution in [0.15, 0.2) is 16.5 Å². The van der Waals surface area contributed by atoms with Gasteiger partial charge in [-0.1, -0.05) is 36.5 Å². The number of hydrogen-bond acceptors (Lipinski definition) is 2. The van der Waals surface area contributed by atoms with Crippen LogP contribution in [0.5, 0.6) is 0 Å². The maximum atomic E-state index is 6.24. The molecule has 4 heteroatoms. The lowest BCUT2D eigenvalue weighted by molar-refractivity contribution is 0.523. The molecule has 92 valence electrons. The van der Waals surface area contributed by atoms with Crippen LogP contribution in [0.2, 0.25) is 10.0 Å². The van der Waals surface area contributed by atoms with Crippen molar-refractivity contribution in [3.63, 3.8) is 0 Å². The Balaban J connectivity index is 2.70. The summed E-state index contributed by atoms with van der Waals surface area (Å²) < 4.78 is 5.82. The van der Waals surface area contributed by atoms with Crippen molar-refractivity contribution in [1.29, 1.82) is 0 Å². The molecule has 1 aromatic carbocycles. The minimum Gasteiger partial charge on any atom is -0.458 e. The van der Waals surface area contributed by atoms with Crippen molar-refractivity contribution in [3.8, 4) is 0 Å². The van der Waals surface area contributed by atoms with E-state index in [0.717, 1.165) is 24.0 Å². The first-order chi connectivity index (χ1) is 8.19. The standard InChI is InChI=1S/C13H15Cl2NO/c1-3-4-8-11(7-16-2)17-13-10(15)6-5-9(14)12(8)13/h5-6,16H,3-4,7H2,1-2H3. The summed E-state index contributed by atoms with van der Waals surface area (Å²) in [6.45, 7) is 2.83. The smallest absolute Gasteiger partial charge is 0.154 e. The van der Waals surface area contributed by atoms with Crippen LogP contribution in [0.1, 0.15) is 24.7 Å². The lowest BCUT2D eigenvalue weighted by Gasteiger charge is -2.01. The fraction of sp³-hybridized carbons (Fsp3) is 0.385. The third-order valence-corrected chi connectivity index (χ3v) is 3.37. The maximum absolute atomic E-state index is 6.24. The molecule has 0 amide bonds. The zero-order valence-electron chi connectivity index (χ0n) is 9.94. The number of hydrogen-bond donors (Lipinski definition) is 1. The molecule has 1 N–H and O–H groups in total. The molecule has 2 rings (SSSR count). The van der Waals surface area contributed by atoms with Gasteiger partial charge in [-0.3, -0.25) is 0 Å². The van der Waals surface area contributed by atoms with Gasteiger partial charge in [0.25, 0.3) is 0 Å². The summed E-state index contributed by atoms with van der Waals surface area (Å²) in [6.07, 6.45) is 2.00. The summed E-state index contributed by atoms with van der Waals surface area (Å²) in [7, 11) is 1.89. The molecule has 0 fully saturated rings. The summed E-state index contributed by atoms with van der Waals surface area (Å²) >= 11 is 12.4. The maximum Gasteiger partial charge on any atom is 0.154 e. The predicted molar refractivity (Wildman–Crippen MR) is 73.0 cm³/mol. The van der Waals surface area contributed by atoms with Gasteiger partial charge in [-0.15, -0.1) is 0 Å². The van der Waals surface area contributed by atoms with Crippen LogP contribution in [0.25, 0.3) is 11.0 Å². The second kappa shape index (κ2) is 5.30. The number of fused-ring (bicyclic) bond motifs is 1. The summed E-state index contributed by atoms with van der Waals surface area (Å²) in [6, 6.07) is 3.60. The molecule has 1 aromatic heterocycles. The summed E-state index contributed by atoms with van der Waals surface area (Å²) in [4.78, 5) is 0. The molecule has 0 atom stereocenters. The molecular weight excluding hydrogens is 257 g/mol. The van der Waals surface area contributed by atoms with E-state index in [2.05, 4.69) is 12.2 Å². The van der Waals surface area contributed by atoms with Gasteiger partial charge in [-0.05, 0) is 25.6 Å². The molecule has 0 saturated carbocycles. The molecule has 0 aliphatic heterocycles. The van der Waals surface area contributed by atoms with Gasteiger partial charge in [0.2, 0.25) is 0 Å². The third kappa shape index (κ3) is 2.30. The van der Waals surface area contributed by atoms with Crippen LogP contribution in [0.3, 0.4) is 0 Å². The van der Waals surface area contributed by atoms with Crippen molar-refractivity contribution in [2.24, 2.45) is 0 Å². The van der Waals surface area contributed by atoms with Crippen LogP contribution in [-0.4, -0.2) is 7.05 Å². The van der Waals surface area contributed by atoms with Crippen molar-refractivity contribution in [2.75, 3.05) is 7.05 Å². The first kappa shape index (κ1) is 12.7. The van der Waals surface area contributed by atoms with Gasteiger partial charge in [0.05, 0.1) is 16.6 Å². The van der Waals surface area contributed by atoms with Gasteiger partial charge >= 0.3 is 0 Å². The largest absolute Gasteiger partial charge is 0.458 e. The second-order valence-electron chi connectivity index (χ2n) is 4.02. The summed E-state index contributed by atoms with van der Waals surface area (Å²) in [5.74, 6) is 0.930. The van der Waals surface area contributed by atoms with E-state index in [0.29, 0.717) is 22.2 Å². The van der Waals surface area contributed by atoms with E-state index in [4.69, 9.17) is 27.6 Å². The third-order valence-electron chi connectivity index (χ3n) is 2.76. The highest BCUT2D eigenvalue weighted by Gasteiger charge is 2.17. The molecule has 0 aliphatic rings. The topological polar surface area (TPSA) is 25.2 Å². The average Bonchev–Trinajstić information content (AvgIpc) is 2.66. The SMILES string of the molecule is CCCc1c(CNC)oc2c(Cl)ccc(Cl)c12. The Morgan fingerprint density at radius 2 is 1.94 bits per heavy atom. The Bertz CT molecular complexity index is 534. The Morgan fingerprint density at radius 1 is 1.24 bits per heavy atom. The van der Waals surface area contributed by atoms with Crippen molar-refractivity contribution in [3.05, 3.63) is 33.5 Å². The van der Waals surface area contributed by atoms with E-state index in [-0.39, 0.29) is 0 Å². The molecular formula is C13H15Cl2NO. The molecule has 0 radical (unpaired) electrons. The molecule has 1 heterocycles. The first-order valence-electron chi connectivity index (χ1n) is 5.71. The minimum atomic E-state index is 0.615.